The number of nitrogens with zero attached hydrogens (tertiary/aromatic N) is 1. The fourth-order valence-corrected chi connectivity index (χ4v) is 3.16. The standard InChI is InChI=1S/C18H29NO2/c1-13-6-7-17(21-5)15(10-13)16(20)12-19-9-8-14(11-19)18(2,3)4/h6-7,10,14,16,20H,8-9,11-12H2,1-5H3. The van der Waals surface area contributed by atoms with Gasteiger partial charge in [0.2, 0.25) is 0 Å². The third-order valence-corrected chi connectivity index (χ3v) is 4.67. The van der Waals surface area contributed by atoms with Gasteiger partial charge in [-0.15, -0.1) is 0 Å². The molecule has 1 fully saturated rings. The quantitative estimate of drug-likeness (QED) is 0.923. The van der Waals surface area contributed by atoms with Crippen molar-refractivity contribution < 1.29 is 9.84 Å². The van der Waals surface area contributed by atoms with Gasteiger partial charge in [0.15, 0.2) is 0 Å². The molecule has 21 heavy (non-hydrogen) atoms. The van der Waals surface area contributed by atoms with Crippen LogP contribution in [0.25, 0.3) is 0 Å². The van der Waals surface area contributed by atoms with Crippen LogP contribution in [0.1, 0.15) is 44.4 Å². The van der Waals surface area contributed by atoms with Crippen molar-refractivity contribution in [1.82, 2.24) is 4.90 Å². The van der Waals surface area contributed by atoms with Crippen molar-refractivity contribution in [3.63, 3.8) is 0 Å². The molecule has 3 heteroatoms. The van der Waals surface area contributed by atoms with E-state index < -0.39 is 6.10 Å². The Labute approximate surface area is 128 Å². The van der Waals surface area contributed by atoms with Crippen molar-refractivity contribution >= 4 is 0 Å². The minimum atomic E-state index is -0.487. The summed E-state index contributed by atoms with van der Waals surface area (Å²) in [5, 5.41) is 10.6. The van der Waals surface area contributed by atoms with E-state index in [1.54, 1.807) is 7.11 Å². The van der Waals surface area contributed by atoms with Crippen molar-refractivity contribution in [3.05, 3.63) is 29.3 Å². The van der Waals surface area contributed by atoms with Crippen LogP contribution in [0.3, 0.4) is 0 Å². The highest BCUT2D eigenvalue weighted by atomic mass is 16.5. The lowest BCUT2D eigenvalue weighted by molar-refractivity contribution is 0.116. The van der Waals surface area contributed by atoms with Crippen molar-refractivity contribution in [3.8, 4) is 5.75 Å². The Bertz CT molecular complexity index is 479. The first-order valence-corrected chi connectivity index (χ1v) is 7.86. The molecule has 0 amide bonds. The van der Waals surface area contributed by atoms with Crippen LogP contribution in [0, 0.1) is 18.3 Å². The van der Waals surface area contributed by atoms with E-state index in [0.29, 0.717) is 17.9 Å². The third-order valence-electron chi connectivity index (χ3n) is 4.67. The second kappa shape index (κ2) is 6.37. The second-order valence-corrected chi connectivity index (χ2v) is 7.37. The number of hydrogen-bond donors (Lipinski definition) is 1. The number of aryl methyl sites for hydroxylation is 1. The van der Waals surface area contributed by atoms with Crippen molar-refractivity contribution in [1.29, 1.82) is 0 Å². The monoisotopic (exact) mass is 291 g/mol. The molecular formula is C18H29NO2. The minimum Gasteiger partial charge on any atom is -0.496 e. The summed E-state index contributed by atoms with van der Waals surface area (Å²) in [6, 6.07) is 5.98. The van der Waals surface area contributed by atoms with E-state index in [0.717, 1.165) is 30.0 Å². The lowest BCUT2D eigenvalue weighted by atomic mass is 9.80. The maximum atomic E-state index is 10.6. The third kappa shape index (κ3) is 3.98. The maximum Gasteiger partial charge on any atom is 0.124 e. The molecule has 0 bridgehead atoms. The molecule has 0 aliphatic carbocycles. The van der Waals surface area contributed by atoms with Crippen molar-refractivity contribution in [2.75, 3.05) is 26.7 Å². The van der Waals surface area contributed by atoms with Gasteiger partial charge in [-0.25, -0.2) is 0 Å². The summed E-state index contributed by atoms with van der Waals surface area (Å²) in [6.07, 6.45) is 0.736. The second-order valence-electron chi connectivity index (χ2n) is 7.37. The first-order valence-electron chi connectivity index (χ1n) is 7.86. The van der Waals surface area contributed by atoms with Crippen LogP contribution in [0.4, 0.5) is 0 Å². The largest absolute Gasteiger partial charge is 0.496 e. The molecule has 2 atom stereocenters. The Balaban J connectivity index is 2.03. The molecule has 0 aromatic heterocycles. The zero-order chi connectivity index (χ0) is 15.6. The van der Waals surface area contributed by atoms with E-state index in [1.165, 1.54) is 6.42 Å². The van der Waals surface area contributed by atoms with Gasteiger partial charge in [0.25, 0.3) is 0 Å². The summed E-state index contributed by atoms with van der Waals surface area (Å²) in [7, 11) is 1.66. The van der Waals surface area contributed by atoms with Crippen LogP contribution >= 0.6 is 0 Å². The van der Waals surface area contributed by atoms with Crippen LogP contribution in [-0.4, -0.2) is 36.8 Å². The lowest BCUT2D eigenvalue weighted by Gasteiger charge is -2.28. The SMILES string of the molecule is COc1ccc(C)cc1C(O)CN1CCC(C(C)(C)C)C1. The molecule has 0 radical (unpaired) electrons. The van der Waals surface area contributed by atoms with Gasteiger partial charge in [0, 0.05) is 18.7 Å². The number of ether oxygens (including phenoxy) is 1. The Morgan fingerprint density at radius 3 is 2.67 bits per heavy atom. The zero-order valence-corrected chi connectivity index (χ0v) is 14.0. The zero-order valence-electron chi connectivity index (χ0n) is 14.0. The van der Waals surface area contributed by atoms with Gasteiger partial charge in [-0.3, -0.25) is 0 Å². The summed E-state index contributed by atoms with van der Waals surface area (Å²) >= 11 is 0. The lowest BCUT2D eigenvalue weighted by Crippen LogP contribution is -2.29. The smallest absolute Gasteiger partial charge is 0.124 e. The van der Waals surface area contributed by atoms with Gasteiger partial charge in [-0.2, -0.15) is 0 Å². The molecule has 1 aromatic carbocycles. The average Bonchev–Trinajstić information content (AvgIpc) is 2.87. The van der Waals surface area contributed by atoms with E-state index in [1.807, 2.05) is 25.1 Å². The molecule has 2 rings (SSSR count). The first kappa shape index (κ1) is 16.3. The number of benzene rings is 1. The first-order chi connectivity index (χ1) is 9.81. The Hall–Kier alpha value is -1.06. The summed E-state index contributed by atoms with van der Waals surface area (Å²) in [5.41, 5.74) is 2.40. The Morgan fingerprint density at radius 1 is 1.38 bits per heavy atom. The minimum absolute atomic E-state index is 0.348. The van der Waals surface area contributed by atoms with E-state index in [4.69, 9.17) is 4.74 Å². The summed E-state index contributed by atoms with van der Waals surface area (Å²) in [5.74, 6) is 1.49. The molecule has 0 saturated carbocycles. The van der Waals surface area contributed by atoms with E-state index >= 15 is 0 Å². The summed E-state index contributed by atoms with van der Waals surface area (Å²) in [6.45, 7) is 11.8. The Kier molecular flexibility index (Phi) is 4.95. The number of aliphatic hydroxyl groups excluding tert-OH is 1. The van der Waals surface area contributed by atoms with Gasteiger partial charge in [0.1, 0.15) is 5.75 Å². The Morgan fingerprint density at radius 2 is 2.10 bits per heavy atom. The fraction of sp³-hybridized carbons (Fsp3) is 0.667. The van der Waals surface area contributed by atoms with Gasteiger partial charge >= 0.3 is 0 Å². The summed E-state index contributed by atoms with van der Waals surface area (Å²) in [4.78, 5) is 2.38. The molecule has 1 aliphatic rings. The molecule has 1 heterocycles. The molecule has 0 spiro atoms. The highest BCUT2D eigenvalue weighted by molar-refractivity contribution is 5.38. The number of rotatable bonds is 4. The highest BCUT2D eigenvalue weighted by Crippen LogP contribution is 2.35. The number of methoxy groups -OCH3 is 1. The summed E-state index contributed by atoms with van der Waals surface area (Å²) < 4.78 is 5.38. The molecular weight excluding hydrogens is 262 g/mol. The van der Waals surface area contributed by atoms with Crippen LogP contribution in [0.5, 0.6) is 5.75 Å². The number of likely N-dealkylation sites (tertiary alicyclic amines) is 1. The van der Waals surface area contributed by atoms with Crippen molar-refractivity contribution in [2.24, 2.45) is 11.3 Å². The van der Waals surface area contributed by atoms with Gasteiger partial charge in [0.05, 0.1) is 13.2 Å². The number of aliphatic hydroxyl groups is 1. The van der Waals surface area contributed by atoms with Crippen molar-refractivity contribution in [2.45, 2.75) is 40.2 Å². The van der Waals surface area contributed by atoms with Crippen LogP contribution in [0.2, 0.25) is 0 Å². The van der Waals surface area contributed by atoms with Crippen LogP contribution in [0.15, 0.2) is 18.2 Å². The van der Waals surface area contributed by atoms with Gasteiger partial charge in [-0.1, -0.05) is 32.4 Å². The van der Waals surface area contributed by atoms with Gasteiger partial charge < -0.3 is 14.7 Å². The predicted molar refractivity (Wildman–Crippen MR) is 86.7 cm³/mol. The van der Waals surface area contributed by atoms with Gasteiger partial charge in [-0.05, 0) is 43.4 Å². The van der Waals surface area contributed by atoms with E-state index in [-0.39, 0.29) is 0 Å². The molecule has 2 unspecified atom stereocenters. The fourth-order valence-electron chi connectivity index (χ4n) is 3.16. The normalized spacial score (nSPS) is 21.5. The number of β-amino-alcohol motifs (C(OH)–C–C–N with tert-alkyl or cyclic N) is 1. The van der Waals surface area contributed by atoms with Crippen LogP contribution < -0.4 is 4.74 Å². The molecule has 3 nitrogen and oxygen atoms in total. The molecule has 1 N–H and O–H groups in total. The molecule has 118 valence electrons. The molecule has 1 saturated heterocycles. The molecule has 1 aromatic rings. The molecule has 1 aliphatic heterocycles. The average molecular weight is 291 g/mol. The maximum absolute atomic E-state index is 10.6. The van der Waals surface area contributed by atoms with E-state index in [9.17, 15) is 5.11 Å². The van der Waals surface area contributed by atoms with Crippen LogP contribution in [-0.2, 0) is 0 Å². The number of hydrogen-bond acceptors (Lipinski definition) is 3. The predicted octanol–water partition coefficient (Wildman–Crippen LogP) is 3.41. The topological polar surface area (TPSA) is 32.7 Å². The van der Waals surface area contributed by atoms with E-state index in [2.05, 4.69) is 25.7 Å². The highest BCUT2D eigenvalue weighted by Gasteiger charge is 2.32.